The number of hydrogen-bond donors (Lipinski definition) is 2. The van der Waals surface area contributed by atoms with Crippen LogP contribution in [-0.4, -0.2) is 18.5 Å². The van der Waals surface area contributed by atoms with E-state index in [1.165, 1.54) is 4.57 Å². The summed E-state index contributed by atoms with van der Waals surface area (Å²) in [6, 6.07) is 5.20. The second kappa shape index (κ2) is 6.31. The third-order valence-corrected chi connectivity index (χ3v) is 4.74. The Balaban J connectivity index is 2.21. The zero-order chi connectivity index (χ0) is 17.6. The molecule has 0 unspecified atom stereocenters. The van der Waals surface area contributed by atoms with Gasteiger partial charge in [0.15, 0.2) is 11.5 Å². The fourth-order valence-corrected chi connectivity index (χ4v) is 3.01. The molecular weight excluding hydrogens is 369 g/mol. The van der Waals surface area contributed by atoms with Gasteiger partial charge in [-0.3, -0.25) is 4.57 Å². The summed E-state index contributed by atoms with van der Waals surface area (Å²) in [7, 11) is 0. The van der Waals surface area contributed by atoms with Crippen molar-refractivity contribution in [3.63, 3.8) is 0 Å². The Morgan fingerprint density at radius 2 is 1.96 bits per heavy atom. The van der Waals surface area contributed by atoms with Gasteiger partial charge in [-0.1, -0.05) is 55.9 Å². The van der Waals surface area contributed by atoms with E-state index in [-0.39, 0.29) is 24.0 Å². The van der Waals surface area contributed by atoms with E-state index in [9.17, 15) is 4.79 Å². The van der Waals surface area contributed by atoms with Gasteiger partial charge in [0.05, 0.1) is 16.6 Å². The molecule has 0 aliphatic rings. The summed E-state index contributed by atoms with van der Waals surface area (Å²) in [4.78, 5) is 21.3. The van der Waals surface area contributed by atoms with Gasteiger partial charge in [-0.25, -0.2) is 18.7 Å². The van der Waals surface area contributed by atoms with Crippen molar-refractivity contribution in [2.24, 2.45) is 0 Å². The van der Waals surface area contributed by atoms with Crippen LogP contribution in [0.2, 0.25) is 10.0 Å². The van der Waals surface area contributed by atoms with Crippen LogP contribution in [-0.2, 0) is 6.54 Å². The average molecular weight is 384 g/mol. The van der Waals surface area contributed by atoms with E-state index in [0.29, 0.717) is 27.0 Å². The number of thiol groups is 1. The molecule has 3 rings (SSSR count). The number of anilines is 1. The highest BCUT2D eigenvalue weighted by Gasteiger charge is 2.19. The van der Waals surface area contributed by atoms with Crippen LogP contribution in [0.3, 0.4) is 0 Å². The first kappa shape index (κ1) is 17.1. The number of benzene rings is 1. The highest BCUT2D eigenvalue weighted by atomic mass is 35.5. The van der Waals surface area contributed by atoms with Crippen LogP contribution >= 0.6 is 36.0 Å². The Morgan fingerprint density at radius 3 is 2.58 bits per heavy atom. The van der Waals surface area contributed by atoms with Crippen LogP contribution in [0.1, 0.15) is 31.2 Å². The summed E-state index contributed by atoms with van der Waals surface area (Å²) in [6.45, 7) is 4.19. The summed E-state index contributed by atoms with van der Waals surface area (Å²) >= 11 is 16.2. The van der Waals surface area contributed by atoms with Crippen molar-refractivity contribution in [1.82, 2.24) is 18.5 Å². The van der Waals surface area contributed by atoms with Gasteiger partial charge in [-0.05, 0) is 17.7 Å². The molecule has 24 heavy (non-hydrogen) atoms. The van der Waals surface area contributed by atoms with E-state index >= 15 is 0 Å². The van der Waals surface area contributed by atoms with E-state index in [2.05, 4.69) is 22.8 Å². The Labute approximate surface area is 153 Å². The first-order valence-corrected chi connectivity index (χ1v) is 8.37. The maximum atomic E-state index is 12.5. The lowest BCUT2D eigenvalue weighted by molar-refractivity contribution is 0.749. The number of rotatable bonds is 3. The quantitative estimate of drug-likeness (QED) is 0.679. The minimum Gasteiger partial charge on any atom is -0.382 e. The van der Waals surface area contributed by atoms with Crippen molar-refractivity contribution in [3.8, 4) is 0 Å². The summed E-state index contributed by atoms with van der Waals surface area (Å²) in [5, 5.41) is 0.881. The number of nitrogens with two attached hydrogens (primary N) is 1. The number of fused-ring (bicyclic) bond motifs is 1. The van der Waals surface area contributed by atoms with Crippen LogP contribution in [0.25, 0.3) is 11.2 Å². The fraction of sp³-hybridized carbons (Fsp3) is 0.267. The van der Waals surface area contributed by atoms with E-state index < -0.39 is 0 Å². The van der Waals surface area contributed by atoms with E-state index in [1.54, 1.807) is 18.2 Å². The number of nitrogen functional groups attached to an aromatic ring is 1. The maximum absolute atomic E-state index is 12.5. The Bertz CT molecular complexity index is 996. The highest BCUT2D eigenvalue weighted by molar-refractivity contribution is 7.78. The van der Waals surface area contributed by atoms with Crippen LogP contribution < -0.4 is 11.4 Å². The summed E-state index contributed by atoms with van der Waals surface area (Å²) in [5.41, 5.74) is 7.31. The molecule has 3 aromatic rings. The molecule has 0 saturated heterocycles. The fourth-order valence-electron chi connectivity index (χ4n) is 2.39. The topological polar surface area (TPSA) is 78.7 Å². The minimum atomic E-state index is -0.346. The van der Waals surface area contributed by atoms with Gasteiger partial charge >= 0.3 is 5.69 Å². The lowest BCUT2D eigenvalue weighted by Crippen LogP contribution is -2.21. The molecule has 1 aromatic carbocycles. The maximum Gasteiger partial charge on any atom is 0.340 e. The SMILES string of the molecule is CC(C)c1nc(N)c2c(n1)n(Cc1ccc(Cl)c(Cl)c1)c(=O)n2S. The second-order valence-electron chi connectivity index (χ2n) is 5.72. The largest absolute Gasteiger partial charge is 0.382 e. The third kappa shape index (κ3) is 2.87. The van der Waals surface area contributed by atoms with Gasteiger partial charge in [-0.15, -0.1) is 0 Å². The van der Waals surface area contributed by atoms with Gasteiger partial charge in [0.25, 0.3) is 0 Å². The zero-order valence-electron chi connectivity index (χ0n) is 13.0. The monoisotopic (exact) mass is 383 g/mol. The van der Waals surface area contributed by atoms with Crippen LogP contribution in [0.4, 0.5) is 5.82 Å². The van der Waals surface area contributed by atoms with Crippen molar-refractivity contribution in [2.75, 3.05) is 5.73 Å². The van der Waals surface area contributed by atoms with E-state index in [1.807, 2.05) is 13.8 Å². The van der Waals surface area contributed by atoms with Gasteiger partial charge in [0.1, 0.15) is 11.3 Å². The lowest BCUT2D eigenvalue weighted by Gasteiger charge is -2.08. The van der Waals surface area contributed by atoms with Crippen molar-refractivity contribution in [2.45, 2.75) is 26.3 Å². The van der Waals surface area contributed by atoms with E-state index in [0.717, 1.165) is 9.54 Å². The number of aromatic nitrogens is 4. The van der Waals surface area contributed by atoms with Crippen molar-refractivity contribution >= 4 is 53.0 Å². The number of nitrogens with zero attached hydrogens (tertiary/aromatic N) is 4. The van der Waals surface area contributed by atoms with Crippen molar-refractivity contribution in [3.05, 3.63) is 50.1 Å². The molecule has 0 atom stereocenters. The summed E-state index contributed by atoms with van der Waals surface area (Å²) in [6.07, 6.45) is 0. The molecule has 6 nitrogen and oxygen atoms in total. The Kier molecular flexibility index (Phi) is 4.50. The van der Waals surface area contributed by atoms with Gasteiger partial charge in [-0.2, -0.15) is 0 Å². The molecule has 0 amide bonds. The molecule has 0 spiro atoms. The smallest absolute Gasteiger partial charge is 0.340 e. The molecule has 126 valence electrons. The van der Waals surface area contributed by atoms with Crippen LogP contribution in [0.5, 0.6) is 0 Å². The first-order chi connectivity index (χ1) is 11.3. The predicted molar refractivity (Wildman–Crippen MR) is 100 cm³/mol. The molecule has 2 aromatic heterocycles. The predicted octanol–water partition coefficient (Wildman–Crippen LogP) is 3.35. The number of hydrogen-bond acceptors (Lipinski definition) is 5. The molecule has 9 heteroatoms. The molecule has 0 bridgehead atoms. The normalized spacial score (nSPS) is 11.6. The first-order valence-electron chi connectivity index (χ1n) is 7.21. The summed E-state index contributed by atoms with van der Waals surface area (Å²) < 4.78 is 2.65. The second-order valence-corrected chi connectivity index (χ2v) is 6.94. The molecule has 2 heterocycles. The van der Waals surface area contributed by atoms with Crippen LogP contribution in [0, 0.1) is 0 Å². The number of imidazole rings is 1. The van der Waals surface area contributed by atoms with E-state index in [4.69, 9.17) is 28.9 Å². The zero-order valence-corrected chi connectivity index (χ0v) is 15.4. The van der Waals surface area contributed by atoms with Gasteiger partial charge in [0.2, 0.25) is 0 Å². The molecule has 0 fully saturated rings. The Hall–Kier alpha value is -1.70. The molecule has 2 N–H and O–H groups in total. The Morgan fingerprint density at radius 1 is 1.25 bits per heavy atom. The standard InChI is InChI=1S/C15H15Cl2N5OS/c1-7(2)13-19-12(18)11-14(20-13)21(15(23)22(11)24)6-8-3-4-9(16)10(17)5-8/h3-5,7,24H,6H2,1-2H3,(H2,18,19,20). The van der Waals surface area contributed by atoms with Crippen molar-refractivity contribution in [1.29, 1.82) is 0 Å². The summed E-state index contributed by atoms with van der Waals surface area (Å²) in [5.74, 6) is 0.874. The third-order valence-electron chi connectivity index (χ3n) is 3.63. The highest BCUT2D eigenvalue weighted by Crippen LogP contribution is 2.25. The van der Waals surface area contributed by atoms with Crippen molar-refractivity contribution < 1.29 is 0 Å². The van der Waals surface area contributed by atoms with Crippen LogP contribution in [0.15, 0.2) is 23.0 Å². The lowest BCUT2D eigenvalue weighted by atomic mass is 10.2. The molecule has 0 saturated carbocycles. The van der Waals surface area contributed by atoms with Gasteiger partial charge < -0.3 is 5.73 Å². The average Bonchev–Trinajstić information content (AvgIpc) is 2.76. The van der Waals surface area contributed by atoms with Gasteiger partial charge in [0, 0.05) is 5.92 Å². The molecular formula is C15H15Cl2N5OS. The molecule has 0 aliphatic heterocycles. The minimum absolute atomic E-state index is 0.0773. The molecule has 0 radical (unpaired) electrons. The molecule has 0 aliphatic carbocycles. The number of halogens is 2.